The van der Waals surface area contributed by atoms with Crippen LogP contribution >= 0.6 is 7.26 Å². The average molecular weight is 993 g/mol. The maximum absolute atomic E-state index is 16.7. The molecule has 0 unspecified atom stereocenters. The summed E-state index contributed by atoms with van der Waals surface area (Å²) in [5.41, 5.74) is -6.49. The number of benzene rings is 7. The van der Waals surface area contributed by atoms with Gasteiger partial charge in [-0.1, -0.05) is 103 Å². The summed E-state index contributed by atoms with van der Waals surface area (Å²) >= 11 is 0. The Hall–Kier alpha value is -6.10. The van der Waals surface area contributed by atoms with E-state index in [0.717, 1.165) is 0 Å². The predicted molar refractivity (Wildman–Crippen MR) is 234 cm³/mol. The summed E-state index contributed by atoms with van der Waals surface area (Å²) in [6.45, 7) is 6.23. The van der Waals surface area contributed by atoms with Crippen molar-refractivity contribution in [1.29, 1.82) is 0 Å². The van der Waals surface area contributed by atoms with E-state index in [9.17, 15) is 13.2 Å². The van der Waals surface area contributed by atoms with Gasteiger partial charge in [0.1, 0.15) is 58.9 Å². The zero-order chi connectivity index (χ0) is 49.8. The molecular formula is C49H33BF15OPSi. The second-order valence-electron chi connectivity index (χ2n) is 16.4. The summed E-state index contributed by atoms with van der Waals surface area (Å²) in [7, 11) is -8.49. The topological polar surface area (TPSA) is 9.23 Å². The van der Waals surface area contributed by atoms with Gasteiger partial charge in [-0.05, 0) is 44.3 Å². The molecule has 0 spiro atoms. The van der Waals surface area contributed by atoms with Gasteiger partial charge in [-0.3, -0.25) is 0 Å². The molecule has 0 bridgehead atoms. The van der Waals surface area contributed by atoms with Gasteiger partial charge in [0, 0.05) is 12.5 Å². The fourth-order valence-corrected chi connectivity index (χ4v) is 21.7. The van der Waals surface area contributed by atoms with Crippen LogP contribution in [0.25, 0.3) is 0 Å². The molecule has 0 radical (unpaired) electrons. The lowest BCUT2D eigenvalue weighted by molar-refractivity contribution is 0.184. The third-order valence-electron chi connectivity index (χ3n) is 12.1. The van der Waals surface area contributed by atoms with Crippen molar-refractivity contribution in [2.24, 2.45) is 0 Å². The van der Waals surface area contributed by atoms with E-state index in [4.69, 9.17) is 4.43 Å². The molecule has 352 valence electrons. The Labute approximate surface area is 380 Å². The van der Waals surface area contributed by atoms with Crippen LogP contribution in [0.3, 0.4) is 0 Å². The smallest absolute Gasteiger partial charge is 0.259 e. The van der Waals surface area contributed by atoms with Crippen molar-refractivity contribution >= 4 is 48.7 Å². The Bertz CT molecular complexity index is 2810. The molecule has 1 saturated heterocycles. The quantitative estimate of drug-likeness (QED) is 0.0508. The molecule has 0 N–H and O–H groups in total. The largest absolute Gasteiger partial charge is 0.370 e. The van der Waals surface area contributed by atoms with Crippen LogP contribution in [-0.4, -0.2) is 14.5 Å². The van der Waals surface area contributed by atoms with Gasteiger partial charge in [-0.15, -0.1) is 16.4 Å². The molecule has 68 heavy (non-hydrogen) atoms. The van der Waals surface area contributed by atoms with Crippen molar-refractivity contribution < 1.29 is 70.3 Å². The predicted octanol–water partition coefficient (Wildman–Crippen LogP) is 12.0. The highest BCUT2D eigenvalue weighted by Crippen LogP contribution is 2.82. The highest BCUT2D eigenvalue weighted by atomic mass is 31.2. The molecule has 1 fully saturated rings. The fraction of sp³-hybridized carbons (Fsp3) is 0.102. The van der Waals surface area contributed by atoms with E-state index < -0.39 is 136 Å². The van der Waals surface area contributed by atoms with E-state index >= 15 is 52.7 Å². The lowest BCUT2D eigenvalue weighted by Crippen LogP contribution is -2.72. The third-order valence-corrected chi connectivity index (χ3v) is 21.9. The molecule has 19 heteroatoms. The Balaban J connectivity index is 0.000000896. The molecule has 0 aromatic heterocycles. The maximum atomic E-state index is 16.7. The van der Waals surface area contributed by atoms with Crippen LogP contribution in [0.1, 0.15) is 18.1 Å². The Morgan fingerprint density at radius 2 is 0.676 bits per heavy atom. The summed E-state index contributed by atoms with van der Waals surface area (Å²) in [4.78, 5) is -0.472. The zero-order valence-electron chi connectivity index (χ0n) is 35.7. The average Bonchev–Trinajstić information content (AvgIpc) is 3.52. The maximum Gasteiger partial charge on any atom is 0.259 e. The van der Waals surface area contributed by atoms with Crippen molar-refractivity contribution in [3.8, 4) is 0 Å². The zero-order valence-corrected chi connectivity index (χ0v) is 37.6. The number of hydrogen-bond acceptors (Lipinski definition) is 1. The summed E-state index contributed by atoms with van der Waals surface area (Å²) in [5.74, 6) is -45.7. The first-order chi connectivity index (χ1) is 32.0. The Morgan fingerprint density at radius 1 is 0.412 bits per heavy atom. The molecule has 0 aliphatic carbocycles. The second-order valence-corrected chi connectivity index (χ2v) is 24.3. The monoisotopic (exact) mass is 992 g/mol. The van der Waals surface area contributed by atoms with E-state index in [-0.39, 0.29) is 16.6 Å². The van der Waals surface area contributed by atoms with Gasteiger partial charge in [0.2, 0.25) is 5.34 Å². The molecule has 7 aromatic carbocycles. The minimum Gasteiger partial charge on any atom is -0.370 e. The van der Waals surface area contributed by atoms with Crippen molar-refractivity contribution in [3.63, 3.8) is 0 Å². The Kier molecular flexibility index (Phi) is 13.5. The molecule has 8 rings (SSSR count). The van der Waals surface area contributed by atoms with Crippen LogP contribution in [0, 0.1) is 94.2 Å². The van der Waals surface area contributed by atoms with E-state index in [1.165, 1.54) is 86.2 Å². The first-order valence-corrected chi connectivity index (χ1v) is 25.0. The second kappa shape index (κ2) is 18.4. The first kappa shape index (κ1) is 49.8. The third kappa shape index (κ3) is 7.55. The van der Waals surface area contributed by atoms with Gasteiger partial charge in [-0.25, -0.2) is 65.9 Å². The van der Waals surface area contributed by atoms with Crippen molar-refractivity contribution in [2.75, 3.05) is 0 Å². The lowest BCUT2D eigenvalue weighted by atomic mass is 9.15. The van der Waals surface area contributed by atoms with Crippen LogP contribution in [0.4, 0.5) is 65.9 Å². The summed E-state index contributed by atoms with van der Waals surface area (Å²) in [6.07, 6.45) is -6.05. The Morgan fingerprint density at radius 3 is 0.956 bits per heavy atom. The van der Waals surface area contributed by atoms with Gasteiger partial charge in [0.15, 0.2) is 52.4 Å². The number of rotatable bonds is 7. The fourth-order valence-electron chi connectivity index (χ4n) is 9.31. The number of halogens is 15. The van der Waals surface area contributed by atoms with Crippen LogP contribution in [0.2, 0.25) is 13.1 Å². The molecule has 0 saturated carbocycles. The van der Waals surface area contributed by atoms with E-state index in [1.807, 2.05) is 18.2 Å². The SMILES string of the molecule is C[C@@]1(c2ccccc2)O[Si](C)(C)/C(=C\[B-](c2c(F)c(F)c(F)c(F)c2F)(c2c(F)c(F)c(F)c(F)c2F)c2c(F)c(F)c(F)c(F)c2F)[P+]1(c1ccccc1)c1ccccc1.Cc1ccccc1. The molecule has 1 aliphatic heterocycles. The van der Waals surface area contributed by atoms with E-state index in [1.54, 1.807) is 30.3 Å². The van der Waals surface area contributed by atoms with Crippen molar-refractivity contribution in [1.82, 2.24) is 0 Å². The van der Waals surface area contributed by atoms with Crippen molar-refractivity contribution in [3.05, 3.63) is 231 Å². The standard InChI is InChI=1S/C42H25BF15OPSi.C7H8/c1-42(20-13-7-4-8-14-20)59-61(2,3)23(60(42,21-15-9-5-10-16-21)22-17-11-6-12-18-22)19-43(24-27(44)33(50)39(56)34(51)28(24)45,25-29(46)35(52)40(57)36(53)30(25)47)26-31(48)37(54)41(58)38(55)32(26)49;1-7-5-3-2-4-6-7/h4-19H,1-3H3;2-6H,1H3/b23-19-;/t42-;/m1./s1. The van der Waals surface area contributed by atoms with Crippen LogP contribution in [0.5, 0.6) is 0 Å². The van der Waals surface area contributed by atoms with Gasteiger partial charge in [0.05, 0.1) is 4.94 Å². The van der Waals surface area contributed by atoms with Gasteiger partial charge in [-0.2, -0.15) is 5.98 Å². The normalized spacial score (nSPS) is 17.0. The van der Waals surface area contributed by atoms with Crippen LogP contribution < -0.4 is 27.0 Å². The lowest BCUT2D eigenvalue weighted by Gasteiger charge is -2.44. The van der Waals surface area contributed by atoms with Crippen LogP contribution in [-0.2, 0) is 9.77 Å². The minimum absolute atomic E-state index is 0.156. The first-order valence-electron chi connectivity index (χ1n) is 20.3. The molecule has 7 aromatic rings. The summed E-state index contributed by atoms with van der Waals surface area (Å²) < 4.78 is 245. The molecular weight excluding hydrogens is 959 g/mol. The highest BCUT2D eigenvalue weighted by molar-refractivity contribution is 7.96. The van der Waals surface area contributed by atoms with Gasteiger partial charge < -0.3 is 4.43 Å². The molecule has 0 amide bonds. The van der Waals surface area contributed by atoms with E-state index in [2.05, 4.69) is 19.1 Å². The van der Waals surface area contributed by atoms with Crippen LogP contribution in [0.15, 0.2) is 132 Å². The van der Waals surface area contributed by atoms with Crippen molar-refractivity contribution in [2.45, 2.75) is 32.3 Å². The number of aryl methyl sites for hydroxylation is 1. The number of hydrogen-bond donors (Lipinski definition) is 0. The molecule has 1 aliphatic rings. The summed E-state index contributed by atoms with van der Waals surface area (Å²) in [6, 6.07) is 32.9. The highest BCUT2D eigenvalue weighted by Gasteiger charge is 2.73. The van der Waals surface area contributed by atoms with Gasteiger partial charge >= 0.3 is 0 Å². The molecule has 1 atom stereocenters. The minimum atomic E-state index is -6.05. The summed E-state index contributed by atoms with van der Waals surface area (Å²) in [5, 5.41) is -1.44. The van der Waals surface area contributed by atoms with Gasteiger partial charge in [0.25, 0.3) is 8.32 Å². The molecule has 1 nitrogen and oxygen atoms in total. The van der Waals surface area contributed by atoms with E-state index in [0.29, 0.717) is 5.56 Å². The molecule has 1 heterocycles.